The first-order chi connectivity index (χ1) is 8.72. The fraction of sp³-hybridized carbons (Fsp3) is 0.583. The molecule has 0 amide bonds. The number of rotatable bonds is 5. The van der Waals surface area contributed by atoms with Crippen LogP contribution in [0.15, 0.2) is 16.7 Å². The summed E-state index contributed by atoms with van der Waals surface area (Å²) < 4.78 is 39.2. The van der Waals surface area contributed by atoms with Gasteiger partial charge < -0.3 is 11.1 Å². The van der Waals surface area contributed by atoms with Crippen molar-refractivity contribution in [1.29, 1.82) is 0 Å². The van der Waals surface area contributed by atoms with E-state index in [1.165, 1.54) is 6.20 Å². The Labute approximate surface area is 118 Å². The van der Waals surface area contributed by atoms with Crippen molar-refractivity contribution < 1.29 is 13.2 Å². The molecule has 1 heterocycles. The van der Waals surface area contributed by atoms with Gasteiger partial charge in [-0.15, -0.1) is 0 Å². The predicted octanol–water partition coefficient (Wildman–Crippen LogP) is 3.79. The van der Waals surface area contributed by atoms with Crippen molar-refractivity contribution in [1.82, 2.24) is 4.98 Å². The third-order valence-electron chi connectivity index (χ3n) is 3.06. The van der Waals surface area contributed by atoms with E-state index in [1.54, 1.807) is 0 Å². The van der Waals surface area contributed by atoms with Crippen LogP contribution in [0.3, 0.4) is 0 Å². The van der Waals surface area contributed by atoms with Crippen LogP contribution in [0.1, 0.15) is 32.3 Å². The Morgan fingerprint density at radius 2 is 2.05 bits per heavy atom. The topological polar surface area (TPSA) is 50.9 Å². The van der Waals surface area contributed by atoms with Crippen molar-refractivity contribution in [3.63, 3.8) is 0 Å². The first-order valence-electron chi connectivity index (χ1n) is 5.93. The van der Waals surface area contributed by atoms with E-state index >= 15 is 0 Å². The highest BCUT2D eigenvalue weighted by atomic mass is 79.9. The van der Waals surface area contributed by atoms with Gasteiger partial charge in [-0.05, 0) is 48.3 Å². The van der Waals surface area contributed by atoms with E-state index in [0.717, 1.165) is 6.07 Å². The summed E-state index contributed by atoms with van der Waals surface area (Å²) in [6.45, 7) is 4.13. The van der Waals surface area contributed by atoms with Crippen LogP contribution in [-0.4, -0.2) is 17.1 Å². The number of nitrogens with two attached hydrogens (primary N) is 1. The Bertz CT molecular complexity index is 437. The lowest BCUT2D eigenvalue weighted by atomic mass is 9.94. The van der Waals surface area contributed by atoms with E-state index in [9.17, 15) is 13.2 Å². The Hall–Kier alpha value is -0.820. The minimum Gasteiger partial charge on any atom is -0.364 e. The van der Waals surface area contributed by atoms with Crippen LogP contribution in [0.4, 0.5) is 19.0 Å². The second-order valence-electron chi connectivity index (χ2n) is 4.63. The number of nitrogens with one attached hydrogen (secondary N) is 1. The summed E-state index contributed by atoms with van der Waals surface area (Å²) in [6.07, 6.45) is -1.88. The van der Waals surface area contributed by atoms with Crippen molar-refractivity contribution in [2.24, 2.45) is 5.73 Å². The van der Waals surface area contributed by atoms with E-state index in [-0.39, 0.29) is 5.82 Å². The molecule has 0 aliphatic heterocycles. The molecule has 0 aromatic carbocycles. The largest absolute Gasteiger partial charge is 0.419 e. The molecule has 1 atom stereocenters. The molecule has 0 fully saturated rings. The van der Waals surface area contributed by atoms with Crippen molar-refractivity contribution in [3.8, 4) is 0 Å². The summed E-state index contributed by atoms with van der Waals surface area (Å²) in [7, 11) is 0. The van der Waals surface area contributed by atoms with Crippen molar-refractivity contribution in [2.45, 2.75) is 38.4 Å². The van der Waals surface area contributed by atoms with Gasteiger partial charge in [-0.2, -0.15) is 13.2 Å². The highest BCUT2D eigenvalue weighted by Crippen LogP contribution is 2.36. The molecule has 3 N–H and O–H groups in total. The maximum Gasteiger partial charge on any atom is 0.419 e. The minimum atomic E-state index is -4.45. The minimum absolute atomic E-state index is 0.159. The lowest BCUT2D eigenvalue weighted by molar-refractivity contribution is -0.137. The molecule has 0 aliphatic rings. The number of alkyl halides is 3. The second kappa shape index (κ2) is 6.09. The van der Waals surface area contributed by atoms with E-state index in [4.69, 9.17) is 5.73 Å². The number of pyridine rings is 1. The molecular weight excluding hydrogens is 323 g/mol. The number of aromatic nitrogens is 1. The van der Waals surface area contributed by atoms with Gasteiger partial charge >= 0.3 is 6.18 Å². The highest BCUT2D eigenvalue weighted by molar-refractivity contribution is 9.10. The molecule has 7 heteroatoms. The van der Waals surface area contributed by atoms with Gasteiger partial charge in [0.2, 0.25) is 0 Å². The normalized spacial score (nSPS) is 15.1. The Balaban J connectivity index is 3.13. The van der Waals surface area contributed by atoms with Crippen LogP contribution >= 0.6 is 15.9 Å². The maximum absolute atomic E-state index is 13.0. The Kier molecular flexibility index (Phi) is 5.20. The smallest absolute Gasteiger partial charge is 0.364 e. The third kappa shape index (κ3) is 4.35. The monoisotopic (exact) mass is 339 g/mol. The van der Waals surface area contributed by atoms with E-state index in [0.29, 0.717) is 23.9 Å². The number of nitrogens with zero attached hydrogens (tertiary/aromatic N) is 1. The molecule has 0 radical (unpaired) electrons. The molecule has 0 bridgehead atoms. The fourth-order valence-corrected chi connectivity index (χ4v) is 2.02. The molecule has 3 nitrogen and oxygen atoms in total. The summed E-state index contributed by atoms with van der Waals surface area (Å²) in [6, 6.07) is 1.02. The Morgan fingerprint density at radius 1 is 1.42 bits per heavy atom. The molecule has 1 aromatic heterocycles. The summed E-state index contributed by atoms with van der Waals surface area (Å²) in [5.74, 6) is -0.159. The first-order valence-corrected chi connectivity index (χ1v) is 6.72. The van der Waals surface area contributed by atoms with Crippen molar-refractivity contribution >= 4 is 21.7 Å². The second-order valence-corrected chi connectivity index (χ2v) is 5.54. The van der Waals surface area contributed by atoms with Gasteiger partial charge in [0.15, 0.2) is 0 Å². The quantitative estimate of drug-likeness (QED) is 0.857. The summed E-state index contributed by atoms with van der Waals surface area (Å²) in [5.41, 5.74) is 4.22. The lowest BCUT2D eigenvalue weighted by Crippen LogP contribution is -2.37. The highest BCUT2D eigenvalue weighted by Gasteiger charge is 2.36. The molecular formula is C12H17BrF3N3. The predicted molar refractivity (Wildman–Crippen MR) is 72.9 cm³/mol. The number of halogens is 4. The molecule has 0 saturated heterocycles. The van der Waals surface area contributed by atoms with Crippen LogP contribution in [0.2, 0.25) is 0 Å². The summed E-state index contributed by atoms with van der Waals surface area (Å²) in [5, 5.41) is 2.88. The first kappa shape index (κ1) is 16.2. The van der Waals surface area contributed by atoms with Crippen LogP contribution < -0.4 is 11.1 Å². The molecule has 19 heavy (non-hydrogen) atoms. The standard InChI is InChI=1S/C12H17BrF3N3/c1-3-11(2,4-5-17)19-10-9(12(14,15)16)6-8(13)7-18-10/h6-7H,3-5,17H2,1-2H3,(H,18,19). The molecule has 1 unspecified atom stereocenters. The maximum atomic E-state index is 13.0. The van der Waals surface area contributed by atoms with Gasteiger partial charge in [0.1, 0.15) is 5.82 Å². The fourth-order valence-electron chi connectivity index (χ4n) is 1.69. The summed E-state index contributed by atoms with van der Waals surface area (Å²) in [4.78, 5) is 3.84. The van der Waals surface area contributed by atoms with Gasteiger partial charge in [0.25, 0.3) is 0 Å². The molecule has 1 rings (SSSR count). The zero-order valence-electron chi connectivity index (χ0n) is 10.8. The molecule has 0 saturated carbocycles. The average Bonchev–Trinajstić information content (AvgIpc) is 2.30. The van der Waals surface area contributed by atoms with Crippen LogP contribution in [0, 0.1) is 0 Å². The number of hydrogen-bond acceptors (Lipinski definition) is 3. The van der Waals surface area contributed by atoms with Gasteiger partial charge in [0.05, 0.1) is 5.56 Å². The van der Waals surface area contributed by atoms with Crippen LogP contribution in [-0.2, 0) is 6.18 Å². The zero-order valence-corrected chi connectivity index (χ0v) is 12.4. The average molecular weight is 340 g/mol. The van der Waals surface area contributed by atoms with Gasteiger partial charge in [-0.1, -0.05) is 6.92 Å². The molecule has 0 spiro atoms. The molecule has 0 aliphatic carbocycles. The Morgan fingerprint density at radius 3 is 2.53 bits per heavy atom. The SMILES string of the molecule is CCC(C)(CCN)Nc1ncc(Br)cc1C(F)(F)F. The van der Waals surface area contributed by atoms with E-state index in [1.807, 2.05) is 13.8 Å². The lowest BCUT2D eigenvalue weighted by Gasteiger charge is -2.31. The van der Waals surface area contributed by atoms with Crippen molar-refractivity contribution in [2.75, 3.05) is 11.9 Å². The third-order valence-corrected chi connectivity index (χ3v) is 3.49. The van der Waals surface area contributed by atoms with E-state index in [2.05, 4.69) is 26.2 Å². The van der Waals surface area contributed by atoms with E-state index < -0.39 is 17.3 Å². The molecule has 108 valence electrons. The van der Waals surface area contributed by atoms with Crippen LogP contribution in [0.25, 0.3) is 0 Å². The van der Waals surface area contributed by atoms with Gasteiger partial charge in [0, 0.05) is 16.2 Å². The molecule has 1 aromatic rings. The summed E-state index contributed by atoms with van der Waals surface area (Å²) >= 11 is 3.01. The number of hydrogen-bond donors (Lipinski definition) is 2. The number of anilines is 1. The zero-order chi connectivity index (χ0) is 14.7. The van der Waals surface area contributed by atoms with Gasteiger partial charge in [-0.3, -0.25) is 0 Å². The van der Waals surface area contributed by atoms with Crippen LogP contribution in [0.5, 0.6) is 0 Å². The van der Waals surface area contributed by atoms with Gasteiger partial charge in [-0.25, -0.2) is 4.98 Å². The van der Waals surface area contributed by atoms with Crippen molar-refractivity contribution in [3.05, 3.63) is 22.3 Å².